The molecule has 0 aliphatic carbocycles. The van der Waals surface area contributed by atoms with Crippen LogP contribution in [0.2, 0.25) is 29.9 Å². The van der Waals surface area contributed by atoms with Gasteiger partial charge in [-0.15, -0.1) is 15.7 Å². The van der Waals surface area contributed by atoms with E-state index in [-0.39, 0.29) is 0 Å². The van der Waals surface area contributed by atoms with Crippen molar-refractivity contribution in [2.75, 3.05) is 0 Å². The van der Waals surface area contributed by atoms with Gasteiger partial charge in [-0.3, -0.25) is 0 Å². The van der Waals surface area contributed by atoms with E-state index < -0.39 is 8.07 Å². The number of aromatic nitrogens is 2. The van der Waals surface area contributed by atoms with E-state index in [1.807, 2.05) is 0 Å². The fraction of sp³-hybridized carbons (Fsp3) is 0.333. The molecule has 0 aliphatic heterocycles. The lowest BCUT2D eigenvalue weighted by Crippen LogP contribution is -2.16. The Balaban J connectivity index is 3.06. The molecule has 5 heteroatoms. The monoisotopic (exact) mass is 244 g/mol. The molecule has 2 nitrogen and oxygen atoms in total. The summed E-state index contributed by atoms with van der Waals surface area (Å²) in [4.78, 5) is 0. The Labute approximate surface area is 94.7 Å². The van der Waals surface area contributed by atoms with Gasteiger partial charge in [0.1, 0.15) is 8.07 Å². The van der Waals surface area contributed by atoms with Gasteiger partial charge in [0.2, 0.25) is 0 Å². The number of hydrogen-bond donors (Lipinski definition) is 0. The Bertz CT molecular complexity index is 401. The van der Waals surface area contributed by atoms with Gasteiger partial charge in [-0.1, -0.05) is 48.8 Å². The minimum atomic E-state index is -1.39. The van der Waals surface area contributed by atoms with Gasteiger partial charge in [0, 0.05) is 0 Å². The lowest BCUT2D eigenvalue weighted by atomic mass is 10.3. The second kappa shape index (κ2) is 4.31. The van der Waals surface area contributed by atoms with Crippen molar-refractivity contribution in [1.29, 1.82) is 0 Å². The van der Waals surface area contributed by atoms with Gasteiger partial charge in [0.05, 0.1) is 5.56 Å². The molecule has 1 aromatic heterocycles. The van der Waals surface area contributed by atoms with E-state index in [1.165, 1.54) is 0 Å². The van der Waals surface area contributed by atoms with Gasteiger partial charge in [-0.05, 0) is 6.07 Å². The molecule has 0 aliphatic rings. The zero-order valence-corrected chi connectivity index (χ0v) is 10.7. The molecule has 1 aromatic rings. The van der Waals surface area contributed by atoms with Crippen molar-refractivity contribution in [2.45, 2.75) is 19.6 Å². The molecule has 0 saturated heterocycles. The van der Waals surface area contributed by atoms with Crippen LogP contribution in [0.15, 0.2) is 6.07 Å². The van der Waals surface area contributed by atoms with Crippen LogP contribution in [0.1, 0.15) is 5.56 Å². The first-order chi connectivity index (χ1) is 6.38. The minimum absolute atomic E-state index is 0.306. The third-order valence-corrected chi connectivity index (χ3v) is 2.63. The second-order valence-electron chi connectivity index (χ2n) is 3.87. The topological polar surface area (TPSA) is 25.8 Å². The summed E-state index contributed by atoms with van der Waals surface area (Å²) in [5, 5.41) is 7.91. The Kier molecular flexibility index (Phi) is 3.54. The first-order valence-electron chi connectivity index (χ1n) is 4.10. The maximum absolute atomic E-state index is 5.81. The number of nitrogens with zero attached hydrogens (tertiary/aromatic N) is 2. The van der Waals surface area contributed by atoms with E-state index in [9.17, 15) is 0 Å². The van der Waals surface area contributed by atoms with Crippen molar-refractivity contribution in [3.63, 3.8) is 0 Å². The normalized spacial score (nSPS) is 10.6. The lowest BCUT2D eigenvalue weighted by molar-refractivity contribution is 1.03. The van der Waals surface area contributed by atoms with Gasteiger partial charge in [0.25, 0.3) is 0 Å². The van der Waals surface area contributed by atoms with Crippen molar-refractivity contribution >= 4 is 31.3 Å². The smallest absolute Gasteiger partial charge is 0.137 e. The van der Waals surface area contributed by atoms with Crippen LogP contribution in [0.25, 0.3) is 0 Å². The molecule has 0 saturated carbocycles. The van der Waals surface area contributed by atoms with Crippen molar-refractivity contribution in [1.82, 2.24) is 10.2 Å². The highest BCUT2D eigenvalue weighted by Gasteiger charge is 2.08. The molecule has 0 atom stereocenters. The molecular weight excluding hydrogens is 235 g/mol. The van der Waals surface area contributed by atoms with Crippen molar-refractivity contribution in [3.8, 4) is 11.5 Å². The summed E-state index contributed by atoms with van der Waals surface area (Å²) in [6.07, 6.45) is 0. The quantitative estimate of drug-likeness (QED) is 0.518. The highest BCUT2D eigenvalue weighted by Crippen LogP contribution is 2.14. The standard InChI is InChI=1S/C9H10Cl2N2Si/c1-14(2,3)5-4-7-6-8(10)12-13-9(7)11/h6H,1-3H3. The van der Waals surface area contributed by atoms with Crippen LogP contribution in [-0.4, -0.2) is 18.3 Å². The predicted octanol–water partition coefficient (Wildman–Crippen LogP) is 3.01. The summed E-state index contributed by atoms with van der Waals surface area (Å²) in [6.45, 7) is 6.47. The van der Waals surface area contributed by atoms with Crippen LogP contribution in [0.5, 0.6) is 0 Å². The summed E-state index contributed by atoms with van der Waals surface area (Å²) in [5.74, 6) is 2.99. The van der Waals surface area contributed by atoms with Gasteiger partial charge in [-0.2, -0.15) is 0 Å². The van der Waals surface area contributed by atoms with E-state index >= 15 is 0 Å². The third-order valence-electron chi connectivity index (χ3n) is 1.29. The molecule has 0 aromatic carbocycles. The van der Waals surface area contributed by atoms with Gasteiger partial charge >= 0.3 is 0 Å². The Hall–Kier alpha value is -0.563. The molecule has 14 heavy (non-hydrogen) atoms. The van der Waals surface area contributed by atoms with Crippen LogP contribution in [-0.2, 0) is 0 Å². The van der Waals surface area contributed by atoms with Crippen molar-refractivity contribution in [3.05, 3.63) is 21.9 Å². The Morgan fingerprint density at radius 3 is 2.43 bits per heavy atom. The fourth-order valence-corrected chi connectivity index (χ4v) is 1.49. The summed E-state index contributed by atoms with van der Waals surface area (Å²) in [6, 6.07) is 1.63. The molecule has 0 amide bonds. The van der Waals surface area contributed by atoms with Gasteiger partial charge in [-0.25, -0.2) is 0 Å². The summed E-state index contributed by atoms with van der Waals surface area (Å²) in [5.41, 5.74) is 3.83. The third kappa shape index (κ3) is 3.67. The average molecular weight is 245 g/mol. The molecule has 0 bridgehead atoms. The highest BCUT2D eigenvalue weighted by atomic mass is 35.5. The molecule has 1 rings (SSSR count). The maximum atomic E-state index is 5.81. The van der Waals surface area contributed by atoms with Crippen molar-refractivity contribution in [2.24, 2.45) is 0 Å². The molecule has 0 fully saturated rings. The second-order valence-corrected chi connectivity index (χ2v) is 9.37. The van der Waals surface area contributed by atoms with Crippen molar-refractivity contribution < 1.29 is 0 Å². The van der Waals surface area contributed by atoms with Crippen LogP contribution in [0.3, 0.4) is 0 Å². The molecule has 0 spiro atoms. The highest BCUT2D eigenvalue weighted by molar-refractivity contribution is 6.83. The van der Waals surface area contributed by atoms with E-state index in [1.54, 1.807) is 6.07 Å². The molecule has 0 N–H and O–H groups in total. The zero-order chi connectivity index (χ0) is 10.8. The molecular formula is C9H10Cl2N2Si. The van der Waals surface area contributed by atoms with Crippen LogP contribution in [0, 0.1) is 11.5 Å². The molecule has 1 heterocycles. The predicted molar refractivity (Wildman–Crippen MR) is 62.3 cm³/mol. The first kappa shape index (κ1) is 11.5. The molecule has 0 radical (unpaired) electrons. The Morgan fingerprint density at radius 2 is 1.86 bits per heavy atom. The summed E-state index contributed by atoms with van der Waals surface area (Å²) in [7, 11) is -1.39. The zero-order valence-electron chi connectivity index (χ0n) is 8.23. The van der Waals surface area contributed by atoms with E-state index in [0.29, 0.717) is 15.9 Å². The average Bonchev–Trinajstić information content (AvgIpc) is 2.05. The minimum Gasteiger partial charge on any atom is -0.137 e. The first-order valence-corrected chi connectivity index (χ1v) is 8.36. The lowest BCUT2D eigenvalue weighted by Gasteiger charge is -2.03. The number of rotatable bonds is 0. The number of hydrogen-bond acceptors (Lipinski definition) is 2. The Morgan fingerprint density at radius 1 is 1.21 bits per heavy atom. The fourth-order valence-electron chi connectivity index (χ4n) is 0.696. The SMILES string of the molecule is C[Si](C)(C)C#Cc1cc(Cl)nnc1Cl. The summed E-state index contributed by atoms with van der Waals surface area (Å²) < 4.78 is 0. The maximum Gasteiger partial charge on any atom is 0.167 e. The van der Waals surface area contributed by atoms with E-state index in [4.69, 9.17) is 23.2 Å². The van der Waals surface area contributed by atoms with Crippen LogP contribution >= 0.6 is 23.2 Å². The van der Waals surface area contributed by atoms with Gasteiger partial charge in [0.15, 0.2) is 10.3 Å². The van der Waals surface area contributed by atoms with E-state index in [0.717, 1.165) is 0 Å². The molecule has 0 unspecified atom stereocenters. The largest absolute Gasteiger partial charge is 0.167 e. The molecule has 74 valence electrons. The van der Waals surface area contributed by atoms with Crippen LogP contribution < -0.4 is 0 Å². The van der Waals surface area contributed by atoms with Gasteiger partial charge < -0.3 is 0 Å². The van der Waals surface area contributed by atoms with Crippen LogP contribution in [0.4, 0.5) is 0 Å². The number of halogens is 2. The summed E-state index contributed by atoms with van der Waals surface area (Å²) >= 11 is 11.5. The van der Waals surface area contributed by atoms with E-state index in [2.05, 4.69) is 41.3 Å².